The summed E-state index contributed by atoms with van der Waals surface area (Å²) in [6.07, 6.45) is 9.73. The Balaban J connectivity index is 2.23. The maximum atomic E-state index is 4.23. The van der Waals surface area contributed by atoms with Crippen molar-refractivity contribution in [3.63, 3.8) is 0 Å². The molecule has 1 aromatic heterocycles. The fourth-order valence-corrected chi connectivity index (χ4v) is 3.38. The summed E-state index contributed by atoms with van der Waals surface area (Å²) in [6, 6.07) is 0.374. The fourth-order valence-electron chi connectivity index (χ4n) is 3.38. The highest BCUT2D eigenvalue weighted by atomic mass is 15.4. The van der Waals surface area contributed by atoms with Gasteiger partial charge < -0.3 is 5.32 Å². The van der Waals surface area contributed by atoms with Crippen LogP contribution in [0.15, 0.2) is 6.20 Å². The smallest absolute Gasteiger partial charge is 0.0762 e. The lowest BCUT2D eigenvalue weighted by molar-refractivity contribution is 0.144. The van der Waals surface area contributed by atoms with Crippen molar-refractivity contribution < 1.29 is 0 Å². The lowest BCUT2D eigenvalue weighted by Gasteiger charge is -2.40. The first-order valence-corrected chi connectivity index (χ1v) is 7.27. The summed E-state index contributed by atoms with van der Waals surface area (Å²) in [6.45, 7) is 5.56. The second-order valence-electron chi connectivity index (χ2n) is 5.82. The standard InChI is InChI=1S/C14H26N4/c1-4-10-18-12(11-16-17-18)13(15-3)14(2)8-6-5-7-9-14/h11,13,15H,4-10H2,1-3H3. The zero-order valence-electron chi connectivity index (χ0n) is 11.9. The molecule has 0 amide bonds. The highest BCUT2D eigenvalue weighted by Gasteiger charge is 2.37. The van der Waals surface area contributed by atoms with Gasteiger partial charge in [0.2, 0.25) is 0 Å². The molecule has 0 aromatic carbocycles. The van der Waals surface area contributed by atoms with Crippen molar-refractivity contribution in [2.45, 2.75) is 65.0 Å². The summed E-state index contributed by atoms with van der Waals surface area (Å²) >= 11 is 0. The maximum Gasteiger partial charge on any atom is 0.0762 e. The number of nitrogens with one attached hydrogen (secondary N) is 1. The molecule has 1 heterocycles. The maximum absolute atomic E-state index is 4.23. The average Bonchev–Trinajstić information content (AvgIpc) is 2.79. The van der Waals surface area contributed by atoms with Crippen LogP contribution in [0.5, 0.6) is 0 Å². The molecule has 0 saturated heterocycles. The Morgan fingerprint density at radius 3 is 2.72 bits per heavy atom. The van der Waals surface area contributed by atoms with Crippen LogP contribution in [0.25, 0.3) is 0 Å². The number of aryl methyl sites for hydroxylation is 1. The van der Waals surface area contributed by atoms with Gasteiger partial charge in [-0.1, -0.05) is 38.3 Å². The number of hydrogen-bond acceptors (Lipinski definition) is 3. The van der Waals surface area contributed by atoms with Crippen LogP contribution in [-0.4, -0.2) is 22.0 Å². The quantitative estimate of drug-likeness (QED) is 0.873. The van der Waals surface area contributed by atoms with Crippen molar-refractivity contribution in [1.29, 1.82) is 0 Å². The summed E-state index contributed by atoms with van der Waals surface area (Å²) in [5.74, 6) is 0. The van der Waals surface area contributed by atoms with E-state index in [0.29, 0.717) is 11.5 Å². The van der Waals surface area contributed by atoms with Crippen molar-refractivity contribution in [1.82, 2.24) is 20.3 Å². The van der Waals surface area contributed by atoms with Crippen molar-refractivity contribution in [3.05, 3.63) is 11.9 Å². The second kappa shape index (κ2) is 5.83. The van der Waals surface area contributed by atoms with Gasteiger partial charge in [0, 0.05) is 6.54 Å². The summed E-state index contributed by atoms with van der Waals surface area (Å²) < 4.78 is 2.07. The van der Waals surface area contributed by atoms with Crippen LogP contribution in [0, 0.1) is 5.41 Å². The predicted molar refractivity (Wildman–Crippen MR) is 73.3 cm³/mol. The molecular formula is C14H26N4. The van der Waals surface area contributed by atoms with E-state index in [0.717, 1.165) is 13.0 Å². The molecule has 0 bridgehead atoms. The van der Waals surface area contributed by atoms with E-state index in [1.54, 1.807) is 0 Å². The lowest BCUT2D eigenvalue weighted by Crippen LogP contribution is -2.37. The SMILES string of the molecule is CCCn1nncc1C(NC)C1(C)CCCCC1. The van der Waals surface area contributed by atoms with Crippen molar-refractivity contribution in [3.8, 4) is 0 Å². The van der Waals surface area contributed by atoms with Gasteiger partial charge in [-0.15, -0.1) is 5.10 Å². The molecule has 0 aliphatic heterocycles. The molecule has 1 aliphatic carbocycles. The van der Waals surface area contributed by atoms with Crippen LogP contribution < -0.4 is 5.32 Å². The minimum absolute atomic E-state index is 0.347. The minimum Gasteiger partial charge on any atom is -0.311 e. The van der Waals surface area contributed by atoms with Crippen LogP contribution in [0.4, 0.5) is 0 Å². The summed E-state index contributed by atoms with van der Waals surface area (Å²) in [5.41, 5.74) is 1.60. The molecular weight excluding hydrogens is 224 g/mol. The topological polar surface area (TPSA) is 42.7 Å². The molecule has 1 fully saturated rings. The Hall–Kier alpha value is -0.900. The van der Waals surface area contributed by atoms with Crippen LogP contribution in [0.3, 0.4) is 0 Å². The molecule has 1 aromatic rings. The number of nitrogens with zero attached hydrogens (tertiary/aromatic N) is 3. The number of rotatable bonds is 5. The van der Waals surface area contributed by atoms with Crippen molar-refractivity contribution >= 4 is 0 Å². The van der Waals surface area contributed by atoms with Gasteiger partial charge in [0.25, 0.3) is 0 Å². The van der Waals surface area contributed by atoms with E-state index in [-0.39, 0.29) is 0 Å². The molecule has 1 aliphatic rings. The van der Waals surface area contributed by atoms with Gasteiger partial charge in [-0.3, -0.25) is 0 Å². The van der Waals surface area contributed by atoms with Crippen LogP contribution in [-0.2, 0) is 6.54 Å². The molecule has 4 heteroatoms. The Labute approximate surface area is 110 Å². The first-order chi connectivity index (χ1) is 8.71. The molecule has 0 spiro atoms. The van der Waals surface area contributed by atoms with Crippen LogP contribution in [0.2, 0.25) is 0 Å². The van der Waals surface area contributed by atoms with Gasteiger partial charge in [0.15, 0.2) is 0 Å². The third-order valence-electron chi connectivity index (χ3n) is 4.36. The Morgan fingerprint density at radius 1 is 1.39 bits per heavy atom. The van der Waals surface area contributed by atoms with Crippen LogP contribution >= 0.6 is 0 Å². The second-order valence-corrected chi connectivity index (χ2v) is 5.82. The average molecular weight is 250 g/mol. The first kappa shape index (κ1) is 13.5. The van der Waals surface area contributed by atoms with Gasteiger partial charge in [-0.2, -0.15) is 0 Å². The third-order valence-corrected chi connectivity index (χ3v) is 4.36. The highest BCUT2D eigenvalue weighted by Crippen LogP contribution is 2.45. The predicted octanol–water partition coefficient (Wildman–Crippen LogP) is 2.92. The fraction of sp³-hybridized carbons (Fsp3) is 0.857. The van der Waals surface area contributed by atoms with Gasteiger partial charge in [-0.05, 0) is 31.7 Å². The van der Waals surface area contributed by atoms with Gasteiger partial charge in [0.1, 0.15) is 0 Å². The van der Waals surface area contributed by atoms with Gasteiger partial charge in [0.05, 0.1) is 17.9 Å². The zero-order chi connectivity index (χ0) is 13.0. The molecule has 0 radical (unpaired) electrons. The molecule has 2 rings (SSSR count). The molecule has 18 heavy (non-hydrogen) atoms. The monoisotopic (exact) mass is 250 g/mol. The van der Waals surface area contributed by atoms with E-state index in [1.807, 2.05) is 6.20 Å². The third kappa shape index (κ3) is 2.58. The van der Waals surface area contributed by atoms with Gasteiger partial charge in [-0.25, -0.2) is 4.68 Å². The summed E-state index contributed by atoms with van der Waals surface area (Å²) in [5, 5.41) is 11.8. The van der Waals surface area contributed by atoms with E-state index in [9.17, 15) is 0 Å². The van der Waals surface area contributed by atoms with Crippen molar-refractivity contribution in [2.24, 2.45) is 5.41 Å². The van der Waals surface area contributed by atoms with E-state index < -0.39 is 0 Å². The highest BCUT2D eigenvalue weighted by molar-refractivity contribution is 5.08. The molecule has 1 atom stereocenters. The Kier molecular flexibility index (Phi) is 4.38. The molecule has 1 saturated carbocycles. The molecule has 1 unspecified atom stereocenters. The summed E-state index contributed by atoms with van der Waals surface area (Å²) in [7, 11) is 2.06. The zero-order valence-corrected chi connectivity index (χ0v) is 11.9. The van der Waals surface area contributed by atoms with E-state index in [4.69, 9.17) is 0 Å². The van der Waals surface area contributed by atoms with E-state index >= 15 is 0 Å². The largest absolute Gasteiger partial charge is 0.311 e. The Morgan fingerprint density at radius 2 is 2.11 bits per heavy atom. The van der Waals surface area contributed by atoms with E-state index in [2.05, 4.69) is 41.2 Å². The molecule has 102 valence electrons. The minimum atomic E-state index is 0.347. The normalized spacial score (nSPS) is 20.8. The molecule has 1 N–H and O–H groups in total. The Bertz CT molecular complexity index is 366. The summed E-state index contributed by atoms with van der Waals surface area (Å²) in [4.78, 5) is 0. The number of hydrogen-bond donors (Lipinski definition) is 1. The number of aromatic nitrogens is 3. The van der Waals surface area contributed by atoms with Crippen LogP contribution in [0.1, 0.15) is 64.1 Å². The van der Waals surface area contributed by atoms with Crippen molar-refractivity contribution in [2.75, 3.05) is 7.05 Å². The van der Waals surface area contributed by atoms with E-state index in [1.165, 1.54) is 37.8 Å². The lowest BCUT2D eigenvalue weighted by atomic mass is 9.69. The molecule has 4 nitrogen and oxygen atoms in total. The van der Waals surface area contributed by atoms with Gasteiger partial charge >= 0.3 is 0 Å². The first-order valence-electron chi connectivity index (χ1n) is 7.27.